The molecule has 8 heteroatoms. The zero-order valence-electron chi connectivity index (χ0n) is 14.3. The number of Topliss-reactive ketones (excluding diaryl/α,β-unsaturated/α-hetero) is 1. The molecule has 136 valence electrons. The van der Waals surface area contributed by atoms with Crippen LogP contribution >= 0.6 is 22.7 Å². The van der Waals surface area contributed by atoms with Crippen LogP contribution in [-0.2, 0) is 16.0 Å². The number of thiophene rings is 1. The Morgan fingerprint density at radius 2 is 1.93 bits per heavy atom. The van der Waals surface area contributed by atoms with Gasteiger partial charge in [0.2, 0.25) is 5.13 Å². The van der Waals surface area contributed by atoms with E-state index in [4.69, 9.17) is 0 Å². The molecule has 1 fully saturated rings. The van der Waals surface area contributed by atoms with Crippen molar-refractivity contribution < 1.29 is 14.7 Å². The molecule has 1 aliphatic heterocycles. The highest BCUT2D eigenvalue weighted by atomic mass is 32.1. The van der Waals surface area contributed by atoms with Crippen molar-refractivity contribution in [2.45, 2.75) is 19.4 Å². The Kier molecular flexibility index (Phi) is 4.59. The molecule has 1 atom stereocenters. The van der Waals surface area contributed by atoms with Crippen molar-refractivity contribution in [3.05, 3.63) is 68.9 Å². The van der Waals surface area contributed by atoms with E-state index in [1.165, 1.54) is 27.6 Å². The van der Waals surface area contributed by atoms with Crippen LogP contribution in [-0.4, -0.2) is 27.0 Å². The third-order valence-corrected chi connectivity index (χ3v) is 6.26. The van der Waals surface area contributed by atoms with E-state index in [9.17, 15) is 14.7 Å². The molecule has 4 rings (SSSR count). The Morgan fingerprint density at radius 3 is 2.56 bits per heavy atom. The molecule has 0 aliphatic carbocycles. The van der Waals surface area contributed by atoms with E-state index < -0.39 is 17.7 Å². The third-order valence-electron chi connectivity index (χ3n) is 4.27. The van der Waals surface area contributed by atoms with E-state index >= 15 is 0 Å². The third kappa shape index (κ3) is 2.96. The zero-order valence-corrected chi connectivity index (χ0v) is 16.0. The van der Waals surface area contributed by atoms with Gasteiger partial charge in [-0.25, -0.2) is 0 Å². The van der Waals surface area contributed by atoms with Gasteiger partial charge in [-0.2, -0.15) is 0 Å². The molecule has 0 bridgehead atoms. The van der Waals surface area contributed by atoms with Crippen molar-refractivity contribution in [3.63, 3.8) is 0 Å². The van der Waals surface area contributed by atoms with Gasteiger partial charge in [-0.1, -0.05) is 54.7 Å². The Labute approximate surface area is 163 Å². The molecule has 1 N–H and O–H groups in total. The fourth-order valence-electron chi connectivity index (χ4n) is 2.98. The average Bonchev–Trinajstić information content (AvgIpc) is 3.43. The number of ketones is 1. The molecular formula is C19H15N3O3S2. The van der Waals surface area contributed by atoms with Crippen LogP contribution in [0.5, 0.6) is 0 Å². The van der Waals surface area contributed by atoms with Crippen LogP contribution in [0.1, 0.15) is 28.4 Å². The fraction of sp³-hybridized carbons (Fsp3) is 0.158. The number of hydrogen-bond donors (Lipinski definition) is 1. The summed E-state index contributed by atoms with van der Waals surface area (Å²) in [5, 5.41) is 22.0. The average molecular weight is 397 g/mol. The predicted octanol–water partition coefficient (Wildman–Crippen LogP) is 3.79. The van der Waals surface area contributed by atoms with Crippen LogP contribution in [0.4, 0.5) is 5.13 Å². The summed E-state index contributed by atoms with van der Waals surface area (Å²) in [5.74, 6) is -1.61. The Hall–Kier alpha value is -2.84. The summed E-state index contributed by atoms with van der Waals surface area (Å²) in [6.07, 6.45) is 0.690. The minimum absolute atomic E-state index is 0.0712. The summed E-state index contributed by atoms with van der Waals surface area (Å²) >= 11 is 2.69. The van der Waals surface area contributed by atoms with Gasteiger partial charge in [-0.3, -0.25) is 14.5 Å². The number of anilines is 1. The molecular weight excluding hydrogens is 382 g/mol. The summed E-state index contributed by atoms with van der Waals surface area (Å²) in [5.41, 5.74) is 0.561. The number of benzene rings is 1. The maximum Gasteiger partial charge on any atom is 0.301 e. The number of amides is 1. The van der Waals surface area contributed by atoms with Crippen molar-refractivity contribution in [1.82, 2.24) is 10.2 Å². The molecule has 3 aromatic rings. The second-order valence-electron chi connectivity index (χ2n) is 5.88. The molecule has 1 unspecified atom stereocenters. The number of aromatic nitrogens is 2. The summed E-state index contributed by atoms with van der Waals surface area (Å²) < 4.78 is 0. The Balaban J connectivity index is 1.91. The maximum atomic E-state index is 12.8. The summed E-state index contributed by atoms with van der Waals surface area (Å²) in [6.45, 7) is 1.95. The smallest absolute Gasteiger partial charge is 0.301 e. The first-order valence-corrected chi connectivity index (χ1v) is 10.0. The second-order valence-corrected chi connectivity index (χ2v) is 7.90. The van der Waals surface area contributed by atoms with Crippen LogP contribution in [0.15, 0.2) is 53.4 Å². The monoisotopic (exact) mass is 397 g/mol. The number of carbonyl (C=O) groups excluding carboxylic acids is 2. The van der Waals surface area contributed by atoms with Gasteiger partial charge >= 0.3 is 5.91 Å². The Morgan fingerprint density at radius 1 is 1.15 bits per heavy atom. The number of rotatable bonds is 4. The van der Waals surface area contributed by atoms with Crippen LogP contribution in [0.3, 0.4) is 0 Å². The lowest BCUT2D eigenvalue weighted by Crippen LogP contribution is -2.29. The molecule has 1 aromatic carbocycles. The van der Waals surface area contributed by atoms with Crippen LogP contribution in [0, 0.1) is 0 Å². The first-order valence-electron chi connectivity index (χ1n) is 8.34. The highest BCUT2D eigenvalue weighted by Gasteiger charge is 2.48. The van der Waals surface area contributed by atoms with Gasteiger partial charge in [-0.05, 0) is 17.9 Å². The van der Waals surface area contributed by atoms with Crippen molar-refractivity contribution in [1.29, 1.82) is 0 Å². The molecule has 1 amide bonds. The topological polar surface area (TPSA) is 83.4 Å². The zero-order chi connectivity index (χ0) is 19.0. The first-order chi connectivity index (χ1) is 13.1. The van der Waals surface area contributed by atoms with Gasteiger partial charge in [-0.15, -0.1) is 21.5 Å². The SMILES string of the molecule is CCc1nnc(N2C(=O)C(=O)/C(=C(/O)c3ccccc3)C2c2cccs2)s1. The van der Waals surface area contributed by atoms with E-state index in [0.29, 0.717) is 17.1 Å². The van der Waals surface area contributed by atoms with Gasteiger partial charge in [0, 0.05) is 10.4 Å². The number of carbonyl (C=O) groups is 2. The van der Waals surface area contributed by atoms with E-state index in [1.54, 1.807) is 24.3 Å². The van der Waals surface area contributed by atoms with Gasteiger partial charge in [0.15, 0.2) is 0 Å². The molecule has 6 nitrogen and oxygen atoms in total. The standard InChI is InChI=1S/C19H15N3O3S2/c1-2-13-20-21-19(27-13)22-15(12-9-6-10-26-12)14(17(24)18(22)25)16(23)11-7-4-3-5-8-11/h3-10,15,23H,2H2,1H3/b16-14+. The quantitative estimate of drug-likeness (QED) is 0.411. The number of aliphatic hydroxyl groups excluding tert-OH is 1. The number of hydrogen-bond acceptors (Lipinski definition) is 7. The lowest BCUT2D eigenvalue weighted by atomic mass is 10.00. The normalized spacial score (nSPS) is 19.0. The lowest BCUT2D eigenvalue weighted by Gasteiger charge is -2.20. The first kappa shape index (κ1) is 17.6. The molecule has 1 saturated heterocycles. The fourth-order valence-corrected chi connectivity index (χ4v) is 4.61. The van der Waals surface area contributed by atoms with Crippen LogP contribution < -0.4 is 4.90 Å². The summed E-state index contributed by atoms with van der Waals surface area (Å²) in [7, 11) is 0. The van der Waals surface area contributed by atoms with Gasteiger partial charge in [0.1, 0.15) is 16.8 Å². The molecule has 1 aliphatic rings. The van der Waals surface area contributed by atoms with Gasteiger partial charge < -0.3 is 5.11 Å². The Bertz CT molecular complexity index is 1030. The summed E-state index contributed by atoms with van der Waals surface area (Å²) in [4.78, 5) is 27.8. The predicted molar refractivity (Wildman–Crippen MR) is 105 cm³/mol. The molecule has 0 spiro atoms. The van der Waals surface area contributed by atoms with Gasteiger partial charge in [0.25, 0.3) is 5.78 Å². The molecule has 0 radical (unpaired) electrons. The number of nitrogens with zero attached hydrogens (tertiary/aromatic N) is 3. The molecule has 2 aromatic heterocycles. The maximum absolute atomic E-state index is 12.8. The van der Waals surface area contributed by atoms with E-state index in [1.807, 2.05) is 30.5 Å². The second kappa shape index (κ2) is 7.05. The molecule has 0 saturated carbocycles. The van der Waals surface area contributed by atoms with Crippen molar-refractivity contribution in [3.8, 4) is 0 Å². The van der Waals surface area contributed by atoms with Crippen LogP contribution in [0.2, 0.25) is 0 Å². The number of aryl methyl sites for hydroxylation is 1. The van der Waals surface area contributed by atoms with Gasteiger partial charge in [0.05, 0.1) is 5.57 Å². The van der Waals surface area contributed by atoms with Crippen LogP contribution in [0.25, 0.3) is 5.76 Å². The lowest BCUT2D eigenvalue weighted by molar-refractivity contribution is -0.132. The largest absolute Gasteiger partial charge is 0.507 e. The molecule has 27 heavy (non-hydrogen) atoms. The van der Waals surface area contributed by atoms with Crippen molar-refractivity contribution in [2.75, 3.05) is 4.90 Å². The van der Waals surface area contributed by atoms with Crippen molar-refractivity contribution >= 4 is 45.3 Å². The minimum Gasteiger partial charge on any atom is -0.507 e. The highest BCUT2D eigenvalue weighted by Crippen LogP contribution is 2.44. The van der Waals surface area contributed by atoms with E-state index in [2.05, 4.69) is 10.2 Å². The highest BCUT2D eigenvalue weighted by molar-refractivity contribution is 7.15. The number of aliphatic hydroxyl groups is 1. The summed E-state index contributed by atoms with van der Waals surface area (Å²) in [6, 6.07) is 11.7. The van der Waals surface area contributed by atoms with E-state index in [-0.39, 0.29) is 11.3 Å². The van der Waals surface area contributed by atoms with E-state index in [0.717, 1.165) is 9.88 Å². The molecule has 3 heterocycles. The van der Waals surface area contributed by atoms with Crippen molar-refractivity contribution in [2.24, 2.45) is 0 Å². The minimum atomic E-state index is -0.720.